The first-order valence-electron chi connectivity index (χ1n) is 8.17. The fraction of sp³-hybridized carbons (Fsp3) is 0.294. The molecule has 0 spiro atoms. The van der Waals surface area contributed by atoms with Crippen molar-refractivity contribution in [3.8, 4) is 5.69 Å². The zero-order chi connectivity index (χ0) is 17.2. The number of hydrogen-bond donors (Lipinski definition) is 1. The number of aryl methyl sites for hydroxylation is 2. The van der Waals surface area contributed by atoms with Crippen molar-refractivity contribution in [1.82, 2.24) is 35.5 Å². The molecule has 2 heterocycles. The minimum atomic E-state index is -0.131. The average Bonchev–Trinajstić information content (AvgIpc) is 3.16. The summed E-state index contributed by atoms with van der Waals surface area (Å²) in [5.41, 5.74) is 3.35. The third-order valence-corrected chi connectivity index (χ3v) is 4.33. The fourth-order valence-corrected chi connectivity index (χ4v) is 3.11. The van der Waals surface area contributed by atoms with Gasteiger partial charge in [-0.2, -0.15) is 0 Å². The summed E-state index contributed by atoms with van der Waals surface area (Å²) >= 11 is 0. The number of aromatic nitrogens is 6. The molecule has 8 heteroatoms. The highest BCUT2D eigenvalue weighted by Crippen LogP contribution is 2.28. The Bertz CT molecular complexity index is 907. The van der Waals surface area contributed by atoms with Gasteiger partial charge >= 0.3 is 0 Å². The Hall–Kier alpha value is -3.16. The molecule has 0 saturated carbocycles. The zero-order valence-corrected chi connectivity index (χ0v) is 13.8. The van der Waals surface area contributed by atoms with Gasteiger partial charge in [-0.3, -0.25) is 4.79 Å². The summed E-state index contributed by atoms with van der Waals surface area (Å²) in [5.74, 6) is 0.633. The number of nitrogens with zero attached hydrogens (tertiary/aromatic N) is 6. The maximum absolute atomic E-state index is 12.7. The zero-order valence-electron chi connectivity index (χ0n) is 13.8. The molecule has 0 aliphatic heterocycles. The van der Waals surface area contributed by atoms with E-state index in [4.69, 9.17) is 0 Å². The quantitative estimate of drug-likeness (QED) is 0.780. The van der Waals surface area contributed by atoms with Gasteiger partial charge < -0.3 is 5.32 Å². The topological polar surface area (TPSA) is 98.5 Å². The molecule has 0 fully saturated rings. The van der Waals surface area contributed by atoms with Crippen LogP contribution in [0.25, 0.3) is 5.69 Å². The van der Waals surface area contributed by atoms with Crippen LogP contribution < -0.4 is 5.32 Å². The van der Waals surface area contributed by atoms with Crippen molar-refractivity contribution in [2.24, 2.45) is 0 Å². The van der Waals surface area contributed by atoms with Crippen molar-refractivity contribution >= 4 is 5.91 Å². The summed E-state index contributed by atoms with van der Waals surface area (Å²) in [4.78, 5) is 21.5. The molecule has 0 radical (unpaired) electrons. The van der Waals surface area contributed by atoms with Gasteiger partial charge in [0.25, 0.3) is 5.91 Å². The van der Waals surface area contributed by atoms with Crippen molar-refractivity contribution in [3.63, 3.8) is 0 Å². The second-order valence-corrected chi connectivity index (χ2v) is 6.04. The highest BCUT2D eigenvalue weighted by molar-refractivity contribution is 5.95. The van der Waals surface area contributed by atoms with Crippen LogP contribution in [0.4, 0.5) is 0 Å². The number of hydrogen-bond acceptors (Lipinski definition) is 6. The van der Waals surface area contributed by atoms with E-state index in [0.29, 0.717) is 5.56 Å². The van der Waals surface area contributed by atoms with E-state index < -0.39 is 0 Å². The van der Waals surface area contributed by atoms with Gasteiger partial charge in [0.1, 0.15) is 12.2 Å². The van der Waals surface area contributed by atoms with Gasteiger partial charge in [-0.05, 0) is 54.8 Å². The minimum absolute atomic E-state index is 0.0615. The largest absolute Gasteiger partial charge is 0.345 e. The highest BCUT2D eigenvalue weighted by atomic mass is 16.1. The lowest BCUT2D eigenvalue weighted by Gasteiger charge is -2.25. The minimum Gasteiger partial charge on any atom is -0.345 e. The third-order valence-electron chi connectivity index (χ3n) is 4.33. The normalized spacial score (nSPS) is 16.3. The van der Waals surface area contributed by atoms with Crippen LogP contribution in [0.1, 0.15) is 46.3 Å². The second-order valence-electron chi connectivity index (χ2n) is 6.04. The molecule has 126 valence electrons. The number of fused-ring (bicyclic) bond motifs is 1. The summed E-state index contributed by atoms with van der Waals surface area (Å²) in [6.07, 6.45) is 6.14. The molecule has 0 saturated heterocycles. The van der Waals surface area contributed by atoms with Gasteiger partial charge in [0.05, 0.1) is 11.7 Å². The molecule has 3 aromatic rings. The molecule has 4 rings (SSSR count). The molecule has 1 aliphatic rings. The van der Waals surface area contributed by atoms with Crippen LogP contribution in [0.3, 0.4) is 0 Å². The first-order valence-corrected chi connectivity index (χ1v) is 8.17. The Morgan fingerprint density at radius 1 is 1.36 bits per heavy atom. The summed E-state index contributed by atoms with van der Waals surface area (Å²) in [5, 5.41) is 14.2. The highest BCUT2D eigenvalue weighted by Gasteiger charge is 2.24. The monoisotopic (exact) mass is 335 g/mol. The summed E-state index contributed by atoms with van der Waals surface area (Å²) < 4.78 is 1.52. The Morgan fingerprint density at radius 2 is 2.28 bits per heavy atom. The molecule has 2 aromatic heterocycles. The Kier molecular flexibility index (Phi) is 3.93. The van der Waals surface area contributed by atoms with Gasteiger partial charge in [-0.1, -0.05) is 6.07 Å². The van der Waals surface area contributed by atoms with E-state index in [1.54, 1.807) is 12.1 Å². The van der Waals surface area contributed by atoms with Gasteiger partial charge in [-0.25, -0.2) is 14.6 Å². The summed E-state index contributed by atoms with van der Waals surface area (Å²) in [7, 11) is 0. The molecule has 0 unspecified atom stereocenters. The van der Waals surface area contributed by atoms with Gasteiger partial charge in [-0.15, -0.1) is 5.10 Å². The Balaban J connectivity index is 1.56. The summed E-state index contributed by atoms with van der Waals surface area (Å²) in [6.45, 7) is 1.88. The van der Waals surface area contributed by atoms with Crippen molar-refractivity contribution in [2.75, 3.05) is 0 Å². The fourth-order valence-electron chi connectivity index (χ4n) is 3.11. The molecule has 1 atom stereocenters. The van der Waals surface area contributed by atoms with Crippen LogP contribution in [0.5, 0.6) is 0 Å². The predicted molar refractivity (Wildman–Crippen MR) is 89.1 cm³/mol. The average molecular weight is 335 g/mol. The molecule has 1 N–H and O–H groups in total. The lowest BCUT2D eigenvalue weighted by Crippen LogP contribution is -2.31. The van der Waals surface area contributed by atoms with Crippen LogP contribution in [-0.4, -0.2) is 36.1 Å². The van der Waals surface area contributed by atoms with Gasteiger partial charge in [0.15, 0.2) is 0 Å². The van der Waals surface area contributed by atoms with Crippen molar-refractivity contribution in [2.45, 2.75) is 32.2 Å². The van der Waals surface area contributed by atoms with E-state index >= 15 is 0 Å². The first kappa shape index (κ1) is 15.4. The lowest BCUT2D eigenvalue weighted by molar-refractivity contribution is 0.0932. The maximum Gasteiger partial charge on any atom is 0.251 e. The number of carbonyl (C=O) groups excluding carboxylic acids is 1. The number of nitrogens with one attached hydrogen (secondary N) is 1. The third kappa shape index (κ3) is 3.10. The molecule has 1 aliphatic carbocycles. The van der Waals surface area contributed by atoms with Crippen LogP contribution >= 0.6 is 0 Å². The van der Waals surface area contributed by atoms with E-state index in [9.17, 15) is 4.79 Å². The smallest absolute Gasteiger partial charge is 0.251 e. The van der Waals surface area contributed by atoms with Crippen LogP contribution in [0.15, 0.2) is 36.8 Å². The van der Waals surface area contributed by atoms with Gasteiger partial charge in [0, 0.05) is 23.0 Å². The number of amides is 1. The first-order chi connectivity index (χ1) is 12.2. The number of carbonyl (C=O) groups is 1. The standard InChI is InChI=1S/C17H17N7O/c1-11-18-9-14-15(20-11)6-3-7-16(14)21-17(25)12-4-2-5-13(8-12)24-10-19-22-23-24/h2,4-5,8-10,16H,3,6-7H2,1H3,(H,21,25)/t16-/m0/s1. The number of rotatable bonds is 3. The van der Waals surface area contributed by atoms with E-state index in [1.807, 2.05) is 25.3 Å². The van der Waals surface area contributed by atoms with E-state index in [2.05, 4.69) is 30.8 Å². The van der Waals surface area contributed by atoms with E-state index in [1.165, 1.54) is 11.0 Å². The molecule has 0 bridgehead atoms. The molecule has 25 heavy (non-hydrogen) atoms. The van der Waals surface area contributed by atoms with E-state index in [-0.39, 0.29) is 11.9 Å². The van der Waals surface area contributed by atoms with Gasteiger partial charge in [0.2, 0.25) is 0 Å². The van der Waals surface area contributed by atoms with Crippen molar-refractivity contribution < 1.29 is 4.79 Å². The Labute approximate surface area is 144 Å². The van der Waals surface area contributed by atoms with Crippen molar-refractivity contribution in [3.05, 3.63) is 59.4 Å². The van der Waals surface area contributed by atoms with E-state index in [0.717, 1.165) is 42.0 Å². The van der Waals surface area contributed by atoms with Crippen LogP contribution in [-0.2, 0) is 6.42 Å². The SMILES string of the molecule is Cc1ncc2c(n1)CCC[C@@H]2NC(=O)c1cccc(-n2cnnn2)c1. The lowest BCUT2D eigenvalue weighted by atomic mass is 9.92. The summed E-state index contributed by atoms with van der Waals surface area (Å²) in [6, 6.07) is 7.14. The number of benzene rings is 1. The number of tetrazole rings is 1. The molecule has 1 aromatic carbocycles. The van der Waals surface area contributed by atoms with Crippen LogP contribution in [0.2, 0.25) is 0 Å². The Morgan fingerprint density at radius 3 is 3.12 bits per heavy atom. The molecular formula is C17H17N7O. The molecular weight excluding hydrogens is 318 g/mol. The predicted octanol–water partition coefficient (Wildman–Crippen LogP) is 1.57. The van der Waals surface area contributed by atoms with Crippen LogP contribution in [0, 0.1) is 6.92 Å². The second kappa shape index (κ2) is 6.39. The molecule has 8 nitrogen and oxygen atoms in total. The van der Waals surface area contributed by atoms with Crippen molar-refractivity contribution in [1.29, 1.82) is 0 Å². The molecule has 1 amide bonds. The maximum atomic E-state index is 12.7.